The number of anilines is 1. The molecule has 0 aliphatic carbocycles. The number of carboxylic acids is 1. The van der Waals surface area contributed by atoms with Crippen molar-refractivity contribution in [2.24, 2.45) is 5.92 Å². The first-order valence-electron chi connectivity index (χ1n) is 9.41. The lowest BCUT2D eigenvalue weighted by Gasteiger charge is -2.41. The van der Waals surface area contributed by atoms with Crippen LogP contribution in [0.25, 0.3) is 10.8 Å². The fraction of sp³-hybridized carbons (Fsp3) is 0.381. The Balaban J connectivity index is 1.59. The maximum atomic E-state index is 13.2. The van der Waals surface area contributed by atoms with Crippen molar-refractivity contribution in [2.45, 2.75) is 19.8 Å². The SMILES string of the molecule is CC[N+]1(C(=O)CN2C(=O)c3cccc4cccc2c34)CCC(C(=O)[O-])CC1. The molecule has 0 atom stereocenters. The fourth-order valence-electron chi connectivity index (χ4n) is 4.46. The number of hydrogen-bond donors (Lipinski definition) is 0. The first-order chi connectivity index (χ1) is 13.0. The topological polar surface area (TPSA) is 77.5 Å². The van der Waals surface area contributed by atoms with E-state index in [-0.39, 0.29) is 22.8 Å². The summed E-state index contributed by atoms with van der Waals surface area (Å²) in [5.41, 5.74) is 1.41. The van der Waals surface area contributed by atoms with Crippen LogP contribution in [0.2, 0.25) is 0 Å². The predicted octanol–water partition coefficient (Wildman–Crippen LogP) is 1.32. The number of carboxylic acid groups (broad SMARTS) is 1. The van der Waals surface area contributed by atoms with Gasteiger partial charge in [0.1, 0.15) is 6.54 Å². The van der Waals surface area contributed by atoms with Crippen LogP contribution < -0.4 is 10.0 Å². The largest absolute Gasteiger partial charge is 0.550 e. The van der Waals surface area contributed by atoms with Gasteiger partial charge in [0.05, 0.1) is 25.3 Å². The Morgan fingerprint density at radius 1 is 1.15 bits per heavy atom. The normalized spacial score (nSPS) is 24.4. The minimum atomic E-state index is -1.03. The van der Waals surface area contributed by atoms with Crippen LogP contribution in [0.1, 0.15) is 30.1 Å². The summed E-state index contributed by atoms with van der Waals surface area (Å²) in [4.78, 5) is 38.8. The van der Waals surface area contributed by atoms with Crippen molar-refractivity contribution < 1.29 is 24.0 Å². The highest BCUT2D eigenvalue weighted by atomic mass is 16.4. The van der Waals surface area contributed by atoms with E-state index in [9.17, 15) is 19.5 Å². The van der Waals surface area contributed by atoms with Crippen LogP contribution in [0.5, 0.6) is 0 Å². The number of likely N-dealkylation sites (tertiary alicyclic amines) is 1. The third-order valence-corrected chi connectivity index (χ3v) is 6.22. The molecule has 2 amide bonds. The van der Waals surface area contributed by atoms with Gasteiger partial charge in [-0.1, -0.05) is 24.3 Å². The predicted molar refractivity (Wildman–Crippen MR) is 98.9 cm³/mol. The number of amides is 2. The highest BCUT2D eigenvalue weighted by Crippen LogP contribution is 2.37. The van der Waals surface area contributed by atoms with Crippen molar-refractivity contribution in [3.8, 4) is 0 Å². The maximum Gasteiger partial charge on any atom is 0.333 e. The molecule has 0 saturated carbocycles. The Kier molecular flexibility index (Phi) is 4.23. The first-order valence-corrected chi connectivity index (χ1v) is 9.41. The Morgan fingerprint density at radius 2 is 1.81 bits per heavy atom. The molecule has 140 valence electrons. The summed E-state index contributed by atoms with van der Waals surface area (Å²) in [5, 5.41) is 13.0. The maximum absolute atomic E-state index is 13.2. The lowest BCUT2D eigenvalue weighted by atomic mass is 9.94. The van der Waals surface area contributed by atoms with Gasteiger partial charge in [-0.2, -0.15) is 0 Å². The molecule has 6 heteroatoms. The molecule has 0 aromatic heterocycles. The number of carbonyl (C=O) groups is 3. The van der Waals surface area contributed by atoms with Crippen LogP contribution in [-0.4, -0.2) is 48.4 Å². The summed E-state index contributed by atoms with van der Waals surface area (Å²) in [7, 11) is 0. The van der Waals surface area contributed by atoms with Crippen molar-refractivity contribution in [2.75, 3.05) is 31.1 Å². The zero-order valence-electron chi connectivity index (χ0n) is 15.3. The quantitative estimate of drug-likeness (QED) is 0.765. The third kappa shape index (κ3) is 2.72. The van der Waals surface area contributed by atoms with Gasteiger partial charge in [-0.25, -0.2) is 4.79 Å². The lowest BCUT2D eigenvalue weighted by molar-refractivity contribution is -0.858. The summed E-state index contributed by atoms with van der Waals surface area (Å²) >= 11 is 0. The third-order valence-electron chi connectivity index (χ3n) is 6.22. The highest BCUT2D eigenvalue weighted by molar-refractivity contribution is 6.25. The van der Waals surface area contributed by atoms with Crippen LogP contribution in [0.15, 0.2) is 36.4 Å². The molecule has 2 aliphatic rings. The van der Waals surface area contributed by atoms with Crippen molar-refractivity contribution in [1.82, 2.24) is 0 Å². The summed E-state index contributed by atoms with van der Waals surface area (Å²) in [6, 6.07) is 11.4. The van der Waals surface area contributed by atoms with E-state index in [4.69, 9.17) is 0 Å². The van der Waals surface area contributed by atoms with E-state index in [1.807, 2.05) is 37.3 Å². The van der Waals surface area contributed by atoms with Gasteiger partial charge in [-0.05, 0) is 24.4 Å². The monoisotopic (exact) mass is 366 g/mol. The summed E-state index contributed by atoms with van der Waals surface area (Å²) < 4.78 is 0.222. The number of piperidine rings is 1. The zero-order valence-corrected chi connectivity index (χ0v) is 15.3. The second-order valence-corrected chi connectivity index (χ2v) is 7.47. The van der Waals surface area contributed by atoms with Crippen LogP contribution in [0, 0.1) is 5.92 Å². The van der Waals surface area contributed by atoms with Crippen molar-refractivity contribution in [3.05, 3.63) is 42.0 Å². The van der Waals surface area contributed by atoms with Gasteiger partial charge in [0.2, 0.25) is 0 Å². The molecule has 0 N–H and O–H groups in total. The standard InChI is InChI=1S/C21H22N2O4/c1-2-23(11-9-15(10-12-23)21(26)27)18(24)13-22-17-8-4-6-14-5-3-7-16(19(14)17)20(22)25/h3-8,15H,2,9-13H2,1H3. The van der Waals surface area contributed by atoms with E-state index in [0.29, 0.717) is 38.0 Å². The molecule has 1 saturated heterocycles. The van der Waals surface area contributed by atoms with Crippen molar-refractivity contribution in [1.29, 1.82) is 0 Å². The Labute approximate surface area is 157 Å². The number of hydrogen-bond acceptors (Lipinski definition) is 4. The molecule has 2 aromatic rings. The molecule has 2 heterocycles. The smallest absolute Gasteiger partial charge is 0.333 e. The lowest BCUT2D eigenvalue weighted by Crippen LogP contribution is -2.61. The zero-order chi connectivity index (χ0) is 19.2. The molecule has 1 fully saturated rings. The van der Waals surface area contributed by atoms with E-state index in [1.54, 1.807) is 11.0 Å². The van der Waals surface area contributed by atoms with E-state index in [0.717, 1.165) is 16.5 Å². The minimum Gasteiger partial charge on any atom is -0.550 e. The van der Waals surface area contributed by atoms with Gasteiger partial charge in [0.25, 0.3) is 5.91 Å². The van der Waals surface area contributed by atoms with Gasteiger partial charge in [0, 0.05) is 35.7 Å². The number of aliphatic carboxylic acids is 1. The van der Waals surface area contributed by atoms with E-state index in [2.05, 4.69) is 0 Å². The van der Waals surface area contributed by atoms with Gasteiger partial charge in [-0.15, -0.1) is 0 Å². The minimum absolute atomic E-state index is 0.0104. The average molecular weight is 366 g/mol. The van der Waals surface area contributed by atoms with E-state index in [1.165, 1.54) is 0 Å². The second kappa shape index (κ2) is 6.46. The molecular weight excluding hydrogens is 344 g/mol. The molecule has 0 radical (unpaired) electrons. The summed E-state index contributed by atoms with van der Waals surface area (Å²) in [6.45, 7) is 3.51. The Morgan fingerprint density at radius 3 is 2.44 bits per heavy atom. The van der Waals surface area contributed by atoms with E-state index < -0.39 is 11.9 Å². The van der Waals surface area contributed by atoms with Crippen LogP contribution in [0.4, 0.5) is 5.69 Å². The van der Waals surface area contributed by atoms with Crippen LogP contribution in [-0.2, 0) is 9.59 Å². The average Bonchev–Trinajstić information content (AvgIpc) is 2.96. The van der Waals surface area contributed by atoms with Crippen LogP contribution >= 0.6 is 0 Å². The van der Waals surface area contributed by atoms with Gasteiger partial charge < -0.3 is 9.90 Å². The fourth-order valence-corrected chi connectivity index (χ4v) is 4.46. The Bertz CT molecular complexity index is 939. The molecule has 0 bridgehead atoms. The molecule has 2 aromatic carbocycles. The van der Waals surface area contributed by atoms with Crippen molar-refractivity contribution in [3.63, 3.8) is 0 Å². The number of nitrogens with zero attached hydrogens (tertiary/aromatic N) is 2. The van der Waals surface area contributed by atoms with Crippen molar-refractivity contribution >= 4 is 34.2 Å². The van der Waals surface area contributed by atoms with Gasteiger partial charge >= 0.3 is 5.91 Å². The van der Waals surface area contributed by atoms with Crippen LogP contribution in [0.3, 0.4) is 0 Å². The van der Waals surface area contributed by atoms with Gasteiger partial charge in [-0.3, -0.25) is 14.2 Å². The molecule has 6 nitrogen and oxygen atoms in total. The number of benzene rings is 2. The number of quaternary nitrogens is 1. The molecule has 27 heavy (non-hydrogen) atoms. The summed E-state index contributed by atoms with van der Waals surface area (Å²) in [5.74, 6) is -1.70. The summed E-state index contributed by atoms with van der Waals surface area (Å²) in [6.07, 6.45) is 0.872. The first kappa shape index (κ1) is 17.7. The highest BCUT2D eigenvalue weighted by Gasteiger charge is 2.42. The van der Waals surface area contributed by atoms with E-state index >= 15 is 0 Å². The number of rotatable bonds is 4. The number of carbonyl (C=O) groups excluding carboxylic acids is 3. The van der Waals surface area contributed by atoms with Gasteiger partial charge in [0.15, 0.2) is 0 Å². The second-order valence-electron chi connectivity index (χ2n) is 7.47. The Hall–Kier alpha value is -2.73. The molecule has 0 unspecified atom stereocenters. The molecular formula is C21H22N2O4. The molecule has 0 spiro atoms. The molecule has 4 rings (SSSR count). The molecule has 2 aliphatic heterocycles. The number of likely N-dealkylation sites (N-methyl/N-ethyl adjacent to an activating group) is 1.